The fourth-order valence-electron chi connectivity index (χ4n) is 10.7. The quantitative estimate of drug-likeness (QED) is 0.138. The lowest BCUT2D eigenvalue weighted by Crippen LogP contribution is -2.28. The van der Waals surface area contributed by atoms with Gasteiger partial charge in [0, 0.05) is 16.9 Å². The Morgan fingerprint density at radius 2 is 0.824 bits per heavy atom. The molecule has 0 spiro atoms. The fraction of sp³-hybridized carbons (Fsp3) is 0.0149. The van der Waals surface area contributed by atoms with Gasteiger partial charge in [-0.3, -0.25) is 0 Å². The lowest BCUT2D eigenvalue weighted by molar-refractivity contribution is 0.768. The Balaban J connectivity index is 1.11. The monoisotopic (exact) mass is 871 g/mol. The summed E-state index contributed by atoms with van der Waals surface area (Å²) in [5, 5.41) is 5.64. The van der Waals surface area contributed by atoms with E-state index in [1.165, 1.54) is 4.90 Å². The number of anilines is 3. The molecule has 0 aromatic heterocycles. The average Bonchev–Trinajstić information content (AvgIpc) is 4.02. The molecule has 0 amide bonds. The van der Waals surface area contributed by atoms with Gasteiger partial charge in [0.15, 0.2) is 0 Å². The van der Waals surface area contributed by atoms with Crippen LogP contribution in [-0.2, 0) is 5.41 Å². The van der Waals surface area contributed by atoms with Crippen LogP contribution in [0.3, 0.4) is 0 Å². The van der Waals surface area contributed by atoms with Crippen LogP contribution in [0.25, 0.3) is 76.8 Å². The Morgan fingerprint density at radius 3 is 1.56 bits per heavy atom. The molecule has 1 heteroatoms. The van der Waals surface area contributed by atoms with Gasteiger partial charge in [-0.05, 0) is 136 Å². The Bertz CT molecular complexity index is 4240. The lowest BCUT2D eigenvalue weighted by Gasteiger charge is -2.34. The summed E-state index contributed by atoms with van der Waals surface area (Å²) >= 11 is 0. The van der Waals surface area contributed by atoms with Crippen molar-refractivity contribution < 1.29 is 11.0 Å². The summed E-state index contributed by atoms with van der Waals surface area (Å²) in [6, 6.07) is 70.8. The van der Waals surface area contributed by atoms with Crippen LogP contribution < -0.4 is 4.90 Å². The zero-order valence-corrected chi connectivity index (χ0v) is 36.8. The number of nitrogens with zero attached hydrogens (tertiary/aromatic N) is 1. The van der Waals surface area contributed by atoms with E-state index >= 15 is 0 Å². The third-order valence-electron chi connectivity index (χ3n) is 13.7. The van der Waals surface area contributed by atoms with Crippen LogP contribution in [0.2, 0.25) is 0 Å². The molecule has 0 atom stereocenters. The van der Waals surface area contributed by atoms with E-state index in [2.05, 4.69) is 54.6 Å². The van der Waals surface area contributed by atoms with E-state index in [9.17, 15) is 11.0 Å². The third kappa shape index (κ3) is 6.32. The van der Waals surface area contributed by atoms with E-state index in [0.29, 0.717) is 22.4 Å². The van der Waals surface area contributed by atoms with Gasteiger partial charge >= 0.3 is 0 Å². The zero-order valence-electron chi connectivity index (χ0n) is 44.8. The van der Waals surface area contributed by atoms with Gasteiger partial charge in [-0.2, -0.15) is 0 Å². The standard InChI is InChI=1S/C67H45N/c1-3-23-52(24-4-1)67(53-25-5-2-6-26-53)63-33-14-13-31-61(63)66-64(67)34-17-35-65(66)68(55-42-38-48(39-43-55)62-45-51-19-8-10-28-58(51)59-29-11-12-30-60(59)62)54-40-36-46(37-41-54)49-21-15-22-50(44-49)57-32-16-20-47-18-7-9-27-56(47)57/h1-45H/i36D,37D,38D,39D,40D,41D,42D,43D. The Kier molecular flexibility index (Phi) is 7.66. The van der Waals surface area contributed by atoms with Crippen LogP contribution in [0.1, 0.15) is 33.2 Å². The maximum Gasteiger partial charge on any atom is 0.0714 e. The molecular formula is C67H45N. The summed E-state index contributed by atoms with van der Waals surface area (Å²) in [7, 11) is 0. The van der Waals surface area contributed by atoms with Gasteiger partial charge in [0.2, 0.25) is 0 Å². The molecule has 0 saturated carbocycles. The van der Waals surface area contributed by atoms with E-state index < -0.39 is 29.6 Å². The molecule has 1 nitrogen and oxygen atoms in total. The average molecular weight is 872 g/mol. The summed E-state index contributed by atoms with van der Waals surface area (Å²) in [4.78, 5) is 1.47. The highest BCUT2D eigenvalue weighted by molar-refractivity contribution is 6.14. The molecule has 0 heterocycles. The molecule has 0 unspecified atom stereocenters. The molecule has 0 bridgehead atoms. The molecule has 0 radical (unpaired) electrons. The minimum Gasteiger partial charge on any atom is -0.310 e. The van der Waals surface area contributed by atoms with Crippen molar-refractivity contribution in [2.24, 2.45) is 0 Å². The molecule has 13 rings (SSSR count). The van der Waals surface area contributed by atoms with Gasteiger partial charge in [-0.25, -0.2) is 0 Å². The van der Waals surface area contributed by atoms with Crippen LogP contribution in [0.4, 0.5) is 17.1 Å². The van der Waals surface area contributed by atoms with Gasteiger partial charge in [0.25, 0.3) is 0 Å². The van der Waals surface area contributed by atoms with Gasteiger partial charge in [0.1, 0.15) is 0 Å². The summed E-state index contributed by atoms with van der Waals surface area (Å²) in [5.41, 5.74) is 7.42. The molecule has 318 valence electrons. The largest absolute Gasteiger partial charge is 0.310 e. The normalized spacial score (nSPS) is 14.2. The maximum atomic E-state index is 10.2. The van der Waals surface area contributed by atoms with Gasteiger partial charge in [-0.15, -0.1) is 0 Å². The van der Waals surface area contributed by atoms with E-state index in [-0.39, 0.29) is 46.7 Å². The van der Waals surface area contributed by atoms with Crippen LogP contribution in [0.5, 0.6) is 0 Å². The highest BCUT2D eigenvalue weighted by Crippen LogP contribution is 2.59. The molecule has 12 aromatic carbocycles. The van der Waals surface area contributed by atoms with Crippen molar-refractivity contribution in [2.75, 3.05) is 4.90 Å². The second-order valence-electron chi connectivity index (χ2n) is 17.3. The summed E-state index contributed by atoms with van der Waals surface area (Å²) < 4.78 is 80.2. The molecule has 0 fully saturated rings. The van der Waals surface area contributed by atoms with Crippen LogP contribution in [0.15, 0.2) is 273 Å². The molecule has 0 aliphatic heterocycles. The van der Waals surface area contributed by atoms with E-state index in [1.807, 2.05) is 164 Å². The molecule has 68 heavy (non-hydrogen) atoms. The molecule has 1 aliphatic carbocycles. The van der Waals surface area contributed by atoms with Crippen molar-refractivity contribution in [2.45, 2.75) is 5.41 Å². The minimum absolute atomic E-state index is 0.0923. The predicted molar refractivity (Wildman–Crippen MR) is 287 cm³/mol. The number of hydrogen-bond donors (Lipinski definition) is 0. The van der Waals surface area contributed by atoms with Gasteiger partial charge in [-0.1, -0.05) is 230 Å². The fourth-order valence-corrected chi connectivity index (χ4v) is 10.7. The minimum atomic E-state index is -0.889. The Labute approximate surface area is 408 Å². The number of fused-ring (bicyclic) bond motifs is 7. The molecule has 1 aliphatic rings. The Hall–Kier alpha value is -8.78. The lowest BCUT2D eigenvalue weighted by atomic mass is 9.68. The molecule has 0 saturated heterocycles. The Morgan fingerprint density at radius 1 is 0.309 bits per heavy atom. The number of rotatable bonds is 8. The first-order chi connectivity index (χ1) is 37.1. The van der Waals surface area contributed by atoms with Crippen molar-refractivity contribution in [1.82, 2.24) is 0 Å². The zero-order chi connectivity index (χ0) is 52.0. The summed E-state index contributed by atoms with van der Waals surface area (Å²) in [6.45, 7) is 0. The van der Waals surface area contributed by atoms with Crippen LogP contribution in [-0.4, -0.2) is 0 Å². The highest BCUT2D eigenvalue weighted by Gasteiger charge is 2.47. The van der Waals surface area contributed by atoms with E-state index in [1.54, 1.807) is 6.07 Å². The van der Waals surface area contributed by atoms with E-state index in [4.69, 9.17) is 0 Å². The van der Waals surface area contributed by atoms with Crippen molar-refractivity contribution in [1.29, 1.82) is 0 Å². The summed E-state index contributed by atoms with van der Waals surface area (Å²) in [5.74, 6) is 0. The topological polar surface area (TPSA) is 3.24 Å². The van der Waals surface area contributed by atoms with Crippen LogP contribution in [0, 0.1) is 0 Å². The van der Waals surface area contributed by atoms with E-state index in [0.717, 1.165) is 71.3 Å². The predicted octanol–water partition coefficient (Wildman–Crippen LogP) is 18.0. The third-order valence-corrected chi connectivity index (χ3v) is 13.7. The smallest absolute Gasteiger partial charge is 0.0714 e. The van der Waals surface area contributed by atoms with Crippen molar-refractivity contribution >= 4 is 49.4 Å². The second-order valence-corrected chi connectivity index (χ2v) is 17.3. The first-order valence-corrected chi connectivity index (χ1v) is 22.9. The first kappa shape index (κ1) is 32.0. The number of benzene rings is 12. The second kappa shape index (κ2) is 16.3. The maximum absolute atomic E-state index is 10.2. The SMILES string of the molecule is [2H]c1c([2H])c(N(c2cccc3c2-c2ccccc2C3(c2ccccc2)c2ccccc2)c2c([2H])c([2H])c(-c3cc4ccccc4c4ccccc34)c([2H])c2[2H])c([2H])c([2H])c1-c1cccc(-c2cccc3ccccc23)c1. The molecule has 0 N–H and O–H groups in total. The van der Waals surface area contributed by atoms with Gasteiger partial charge < -0.3 is 4.90 Å². The van der Waals surface area contributed by atoms with Gasteiger partial charge in [0.05, 0.1) is 22.1 Å². The first-order valence-electron chi connectivity index (χ1n) is 26.9. The highest BCUT2D eigenvalue weighted by atomic mass is 15.1. The van der Waals surface area contributed by atoms with Crippen molar-refractivity contribution in [3.63, 3.8) is 0 Å². The summed E-state index contributed by atoms with van der Waals surface area (Å²) in [6.07, 6.45) is 0. The van der Waals surface area contributed by atoms with Crippen LogP contribution >= 0.6 is 0 Å². The molecule has 12 aromatic rings. The number of hydrogen-bond acceptors (Lipinski definition) is 1. The van der Waals surface area contributed by atoms with Crippen molar-refractivity contribution in [3.05, 3.63) is 295 Å². The molecular weight excluding hydrogens is 819 g/mol. The van der Waals surface area contributed by atoms with Crippen molar-refractivity contribution in [3.8, 4) is 44.5 Å².